The molecule has 0 radical (unpaired) electrons. The quantitative estimate of drug-likeness (QED) is 0.541. The number of nitrogens with two attached hydrogens (primary N) is 1. The van der Waals surface area contributed by atoms with Crippen LogP contribution < -0.4 is 5.14 Å². The van der Waals surface area contributed by atoms with Gasteiger partial charge in [0.15, 0.2) is 5.69 Å². The molecule has 2 aromatic heterocycles. The largest absolute Gasteiger partial charge is 0.435 e. The Kier molecular flexibility index (Phi) is 4.25. The first kappa shape index (κ1) is 18.6. The Balaban J connectivity index is 1.92. The van der Waals surface area contributed by atoms with Crippen molar-refractivity contribution in [2.75, 3.05) is 0 Å². The van der Waals surface area contributed by atoms with Crippen molar-refractivity contribution in [3.8, 4) is 16.4 Å². The van der Waals surface area contributed by atoms with E-state index in [1.807, 2.05) is 0 Å². The molecule has 0 atom stereocenters. The predicted molar refractivity (Wildman–Crippen MR) is 98.6 cm³/mol. The monoisotopic (exact) mass is 424 g/mol. The van der Waals surface area contributed by atoms with E-state index in [0.717, 1.165) is 22.1 Å². The normalized spacial score (nSPS) is 12.6. The summed E-state index contributed by atoms with van der Waals surface area (Å²) in [5, 5.41) is 9.00. The summed E-state index contributed by atoms with van der Waals surface area (Å²) in [7, 11) is -3.91. The average molecular weight is 424 g/mol. The van der Waals surface area contributed by atoms with Crippen LogP contribution in [0.25, 0.3) is 26.6 Å². The Morgan fingerprint density at radius 1 is 1.04 bits per heavy atom. The van der Waals surface area contributed by atoms with Gasteiger partial charge >= 0.3 is 6.18 Å². The highest BCUT2D eigenvalue weighted by atomic mass is 32.2. The average Bonchev–Trinajstić information content (AvgIpc) is 3.25. The van der Waals surface area contributed by atoms with Crippen molar-refractivity contribution in [1.29, 1.82) is 0 Å². The van der Waals surface area contributed by atoms with Gasteiger partial charge in [-0.05, 0) is 24.3 Å². The lowest BCUT2D eigenvalue weighted by Crippen LogP contribution is -2.11. The van der Waals surface area contributed by atoms with Crippen LogP contribution in [0.4, 0.5) is 13.2 Å². The molecule has 0 fully saturated rings. The minimum atomic E-state index is -4.62. The number of rotatable bonds is 3. The smallest absolute Gasteiger partial charge is 0.225 e. The molecule has 0 spiro atoms. The second-order valence-corrected chi connectivity index (χ2v) is 8.43. The molecule has 4 rings (SSSR count). The van der Waals surface area contributed by atoms with Crippen molar-refractivity contribution in [3.63, 3.8) is 0 Å². The van der Waals surface area contributed by atoms with Crippen LogP contribution in [0, 0.1) is 0 Å². The van der Waals surface area contributed by atoms with Crippen molar-refractivity contribution in [3.05, 3.63) is 60.3 Å². The summed E-state index contributed by atoms with van der Waals surface area (Å²) in [5.74, 6) is 0. The Bertz CT molecular complexity index is 1280. The first-order chi connectivity index (χ1) is 13.1. The third-order valence-corrected chi connectivity index (χ3v) is 5.83. The van der Waals surface area contributed by atoms with Gasteiger partial charge in [-0.15, -0.1) is 0 Å². The number of thiazole rings is 1. The number of benzene rings is 2. The number of sulfonamides is 1. The van der Waals surface area contributed by atoms with E-state index >= 15 is 0 Å². The maximum atomic E-state index is 13.2. The molecule has 144 valence electrons. The van der Waals surface area contributed by atoms with E-state index in [4.69, 9.17) is 5.14 Å². The van der Waals surface area contributed by atoms with Crippen LogP contribution in [-0.4, -0.2) is 23.2 Å². The molecule has 0 aliphatic carbocycles. The maximum absolute atomic E-state index is 13.2. The van der Waals surface area contributed by atoms with Gasteiger partial charge in [0.25, 0.3) is 0 Å². The molecule has 0 aliphatic heterocycles. The highest BCUT2D eigenvalue weighted by Gasteiger charge is 2.35. The van der Waals surface area contributed by atoms with Crippen LogP contribution in [0.1, 0.15) is 5.69 Å². The van der Waals surface area contributed by atoms with Gasteiger partial charge in [-0.1, -0.05) is 41.7 Å². The first-order valence-corrected chi connectivity index (χ1v) is 10.2. The zero-order chi connectivity index (χ0) is 20.1. The van der Waals surface area contributed by atoms with Crippen molar-refractivity contribution in [2.45, 2.75) is 11.1 Å². The number of aromatic nitrogens is 3. The van der Waals surface area contributed by atoms with Crippen LogP contribution in [0.2, 0.25) is 0 Å². The fourth-order valence-electron chi connectivity index (χ4n) is 2.64. The van der Waals surface area contributed by atoms with Crippen molar-refractivity contribution in [1.82, 2.24) is 14.8 Å². The molecule has 2 heterocycles. The minimum absolute atomic E-state index is 0.102. The lowest BCUT2D eigenvalue weighted by Gasteiger charge is -2.03. The van der Waals surface area contributed by atoms with Crippen LogP contribution in [0.15, 0.2) is 59.5 Å². The van der Waals surface area contributed by atoms with Crippen LogP contribution in [0.3, 0.4) is 0 Å². The number of nitrogens with zero attached hydrogens (tertiary/aromatic N) is 3. The zero-order valence-corrected chi connectivity index (χ0v) is 15.5. The third kappa shape index (κ3) is 3.39. The topological polar surface area (TPSA) is 90.9 Å². The first-order valence-electron chi connectivity index (χ1n) is 7.79. The van der Waals surface area contributed by atoms with Crippen molar-refractivity contribution in [2.24, 2.45) is 5.14 Å². The summed E-state index contributed by atoms with van der Waals surface area (Å²) in [6.07, 6.45) is -4.62. The molecule has 0 bridgehead atoms. The van der Waals surface area contributed by atoms with Crippen LogP contribution in [0.5, 0.6) is 0 Å². The molecular weight excluding hydrogens is 413 g/mol. The van der Waals surface area contributed by atoms with E-state index in [9.17, 15) is 21.6 Å². The number of alkyl halides is 3. The van der Waals surface area contributed by atoms with Gasteiger partial charge in [0.05, 0.1) is 20.8 Å². The van der Waals surface area contributed by atoms with Crippen LogP contribution in [-0.2, 0) is 16.2 Å². The van der Waals surface area contributed by atoms with Gasteiger partial charge in [-0.25, -0.2) is 23.2 Å². The van der Waals surface area contributed by atoms with Crippen LogP contribution >= 0.6 is 11.3 Å². The molecule has 0 amide bonds. The number of hydrogen-bond donors (Lipinski definition) is 1. The zero-order valence-electron chi connectivity index (χ0n) is 13.9. The molecule has 11 heteroatoms. The number of fused-ring (bicyclic) bond motifs is 1. The lowest BCUT2D eigenvalue weighted by molar-refractivity contribution is -0.141. The Hall–Kier alpha value is -2.76. The maximum Gasteiger partial charge on any atom is 0.435 e. The summed E-state index contributed by atoms with van der Waals surface area (Å²) in [6, 6.07) is 13.5. The third-order valence-electron chi connectivity index (χ3n) is 3.93. The highest BCUT2D eigenvalue weighted by molar-refractivity contribution is 7.89. The fraction of sp³-hybridized carbons (Fsp3) is 0.0588. The predicted octanol–water partition coefficient (Wildman–Crippen LogP) is 3.82. The molecule has 0 saturated heterocycles. The van der Waals surface area contributed by atoms with Gasteiger partial charge < -0.3 is 0 Å². The molecule has 28 heavy (non-hydrogen) atoms. The molecule has 4 aromatic rings. The minimum Gasteiger partial charge on any atom is -0.225 e. The molecule has 6 nitrogen and oxygen atoms in total. The van der Waals surface area contributed by atoms with E-state index in [1.165, 1.54) is 18.2 Å². The summed E-state index contributed by atoms with van der Waals surface area (Å²) < 4.78 is 64.3. The fourth-order valence-corrected chi connectivity index (χ4v) is 4.23. The van der Waals surface area contributed by atoms with Gasteiger partial charge in [0, 0.05) is 5.56 Å². The van der Waals surface area contributed by atoms with Gasteiger partial charge in [-0.3, -0.25) is 0 Å². The van der Waals surface area contributed by atoms with Crippen molar-refractivity contribution < 1.29 is 21.6 Å². The molecule has 0 saturated carbocycles. The molecule has 0 unspecified atom stereocenters. The summed E-state index contributed by atoms with van der Waals surface area (Å²) >= 11 is 1.02. The number of primary sulfonamides is 1. The lowest BCUT2D eigenvalue weighted by atomic mass is 10.1. The number of hydrogen-bond acceptors (Lipinski definition) is 5. The number of halogens is 3. The molecule has 2 N–H and O–H groups in total. The second-order valence-electron chi connectivity index (χ2n) is 5.86. The van der Waals surface area contributed by atoms with Gasteiger partial charge in [0.1, 0.15) is 0 Å². The Labute approximate surface area is 161 Å². The standard InChI is InChI=1S/C17H11F3N4O2S2/c18-17(19,20)15-9-13(10-4-2-1-3-5-10)24(23-15)16-22-12-7-6-11(28(21,25)26)8-14(12)27-16/h1-9H,(H2,21,25,26). The Morgan fingerprint density at radius 3 is 2.39 bits per heavy atom. The van der Waals surface area contributed by atoms with E-state index in [1.54, 1.807) is 30.3 Å². The van der Waals surface area contributed by atoms with E-state index < -0.39 is 21.9 Å². The van der Waals surface area contributed by atoms with Crippen molar-refractivity contribution >= 4 is 31.6 Å². The summed E-state index contributed by atoms with van der Waals surface area (Å²) in [4.78, 5) is 4.20. The SMILES string of the molecule is NS(=O)(=O)c1ccc2nc(-n3nc(C(F)(F)F)cc3-c3ccccc3)sc2c1. The van der Waals surface area contributed by atoms with E-state index in [2.05, 4.69) is 10.1 Å². The summed E-state index contributed by atoms with van der Waals surface area (Å²) in [5.41, 5.74) is 0.139. The molecule has 2 aromatic carbocycles. The molecular formula is C17H11F3N4O2S2. The highest BCUT2D eigenvalue weighted by Crippen LogP contribution is 2.35. The van der Waals surface area contributed by atoms with E-state index in [0.29, 0.717) is 15.8 Å². The van der Waals surface area contributed by atoms with E-state index in [-0.39, 0.29) is 15.7 Å². The Morgan fingerprint density at radius 2 is 1.75 bits per heavy atom. The molecule has 0 aliphatic rings. The second kappa shape index (κ2) is 6.40. The summed E-state index contributed by atoms with van der Waals surface area (Å²) in [6.45, 7) is 0. The van der Waals surface area contributed by atoms with Gasteiger partial charge in [0.2, 0.25) is 15.2 Å². The van der Waals surface area contributed by atoms with Gasteiger partial charge in [-0.2, -0.15) is 18.3 Å².